The zero-order valence-electron chi connectivity index (χ0n) is 15.2. The molecule has 2 aliphatic rings. The molecule has 0 amide bonds. The molecule has 0 aliphatic carbocycles. The Kier molecular flexibility index (Phi) is 5.30. The second kappa shape index (κ2) is 8.18. The van der Waals surface area contributed by atoms with Crippen molar-refractivity contribution in [2.45, 2.75) is 18.9 Å². The molecule has 4 heterocycles. The highest BCUT2D eigenvalue weighted by atomic mass is 16.5. The van der Waals surface area contributed by atoms with Crippen molar-refractivity contribution >= 4 is 17.6 Å². The highest BCUT2D eigenvalue weighted by Gasteiger charge is 2.22. The van der Waals surface area contributed by atoms with Crippen molar-refractivity contribution in [1.82, 2.24) is 15.0 Å². The van der Waals surface area contributed by atoms with Gasteiger partial charge in [-0.1, -0.05) is 0 Å². The first kappa shape index (κ1) is 17.5. The van der Waals surface area contributed by atoms with Crippen LogP contribution in [0.2, 0.25) is 0 Å². The Labute approximate surface area is 158 Å². The van der Waals surface area contributed by atoms with Gasteiger partial charge in [0.15, 0.2) is 0 Å². The number of anilines is 3. The molecule has 27 heavy (non-hydrogen) atoms. The summed E-state index contributed by atoms with van der Waals surface area (Å²) in [6, 6.07) is 8.12. The summed E-state index contributed by atoms with van der Waals surface area (Å²) in [6.07, 6.45) is 5.49. The summed E-state index contributed by atoms with van der Waals surface area (Å²) < 4.78 is 5.39. The van der Waals surface area contributed by atoms with Crippen LogP contribution in [0.3, 0.4) is 0 Å². The highest BCUT2D eigenvalue weighted by molar-refractivity contribution is 5.54. The third kappa shape index (κ3) is 4.09. The maximum Gasteiger partial charge on any atom is 0.227 e. The number of ether oxygens (including phenoxy) is 1. The summed E-state index contributed by atoms with van der Waals surface area (Å²) in [5.74, 6) is 2.41. The predicted molar refractivity (Wildman–Crippen MR) is 103 cm³/mol. The van der Waals surface area contributed by atoms with Crippen molar-refractivity contribution in [3.63, 3.8) is 0 Å². The molecule has 8 heteroatoms. The molecule has 2 aliphatic heterocycles. The van der Waals surface area contributed by atoms with Gasteiger partial charge in [0.2, 0.25) is 5.95 Å². The Hall–Kier alpha value is -2.92. The normalized spacial score (nSPS) is 18.2. The van der Waals surface area contributed by atoms with Crippen LogP contribution in [0.1, 0.15) is 18.4 Å². The molecule has 2 saturated heterocycles. The molecule has 4 rings (SSSR count). The summed E-state index contributed by atoms with van der Waals surface area (Å²) in [5.41, 5.74) is 0.634. The number of nitrogens with zero attached hydrogens (tertiary/aromatic N) is 6. The zero-order valence-corrected chi connectivity index (χ0v) is 15.2. The lowest BCUT2D eigenvalue weighted by Crippen LogP contribution is -2.40. The van der Waals surface area contributed by atoms with Crippen LogP contribution in [0.15, 0.2) is 30.6 Å². The van der Waals surface area contributed by atoms with Gasteiger partial charge < -0.3 is 19.9 Å². The van der Waals surface area contributed by atoms with Crippen LogP contribution in [0.5, 0.6) is 0 Å². The van der Waals surface area contributed by atoms with Gasteiger partial charge in [0.1, 0.15) is 17.7 Å². The standard InChI is InChI=1S/C19H23N7O/c20-14-15-2-1-6-21-18(15)25-8-4-16(5-9-25)23-17-3-7-22-19(24-17)26-10-12-27-13-11-26/h1-3,6-7,16H,4-5,8-13H2,(H,22,23,24). The molecule has 0 aromatic carbocycles. The largest absolute Gasteiger partial charge is 0.378 e. The van der Waals surface area contributed by atoms with Gasteiger partial charge in [0.05, 0.1) is 18.8 Å². The van der Waals surface area contributed by atoms with Crippen molar-refractivity contribution in [3.8, 4) is 6.07 Å². The average Bonchev–Trinajstić information content (AvgIpc) is 2.75. The minimum Gasteiger partial charge on any atom is -0.378 e. The molecular weight excluding hydrogens is 342 g/mol. The van der Waals surface area contributed by atoms with Crippen molar-refractivity contribution in [2.24, 2.45) is 0 Å². The van der Waals surface area contributed by atoms with Crippen molar-refractivity contribution in [2.75, 3.05) is 54.5 Å². The number of nitriles is 1. The van der Waals surface area contributed by atoms with Crippen LogP contribution in [0.4, 0.5) is 17.6 Å². The van der Waals surface area contributed by atoms with Gasteiger partial charge in [-0.15, -0.1) is 0 Å². The van der Waals surface area contributed by atoms with Crippen molar-refractivity contribution in [3.05, 3.63) is 36.2 Å². The van der Waals surface area contributed by atoms with E-state index in [9.17, 15) is 5.26 Å². The fourth-order valence-electron chi connectivity index (χ4n) is 3.53. The number of nitrogens with one attached hydrogen (secondary N) is 1. The van der Waals surface area contributed by atoms with Crippen LogP contribution in [-0.2, 0) is 4.74 Å². The average molecular weight is 365 g/mol. The van der Waals surface area contributed by atoms with E-state index in [1.165, 1.54) is 0 Å². The molecule has 0 spiro atoms. The number of morpholine rings is 1. The molecule has 2 aromatic heterocycles. The predicted octanol–water partition coefficient (Wildman–Crippen LogP) is 1.66. The number of aromatic nitrogens is 3. The Morgan fingerprint density at radius 3 is 2.63 bits per heavy atom. The van der Waals surface area contributed by atoms with Gasteiger partial charge in [-0.3, -0.25) is 0 Å². The first-order chi connectivity index (χ1) is 13.3. The molecule has 8 nitrogen and oxygen atoms in total. The summed E-state index contributed by atoms with van der Waals surface area (Å²) in [6.45, 7) is 4.82. The van der Waals surface area contributed by atoms with Gasteiger partial charge in [-0.05, 0) is 31.0 Å². The molecule has 140 valence electrons. The fraction of sp³-hybridized carbons (Fsp3) is 0.474. The zero-order chi connectivity index (χ0) is 18.5. The minimum absolute atomic E-state index is 0.350. The Morgan fingerprint density at radius 2 is 1.85 bits per heavy atom. The number of rotatable bonds is 4. The van der Waals surface area contributed by atoms with E-state index in [4.69, 9.17) is 4.74 Å². The second-order valence-electron chi connectivity index (χ2n) is 6.73. The Balaban J connectivity index is 1.36. The van der Waals surface area contributed by atoms with E-state index < -0.39 is 0 Å². The number of pyridine rings is 1. The number of hydrogen-bond acceptors (Lipinski definition) is 8. The van der Waals surface area contributed by atoms with E-state index in [-0.39, 0.29) is 0 Å². The fourth-order valence-corrected chi connectivity index (χ4v) is 3.53. The van der Waals surface area contributed by atoms with Crippen LogP contribution >= 0.6 is 0 Å². The lowest BCUT2D eigenvalue weighted by Gasteiger charge is -2.34. The summed E-state index contributed by atoms with van der Waals surface area (Å²) in [4.78, 5) is 17.8. The minimum atomic E-state index is 0.350. The van der Waals surface area contributed by atoms with Crippen LogP contribution < -0.4 is 15.1 Å². The topological polar surface area (TPSA) is 90.2 Å². The van der Waals surface area contributed by atoms with Crippen LogP contribution in [0.25, 0.3) is 0 Å². The molecule has 0 unspecified atom stereocenters. The third-order valence-electron chi connectivity index (χ3n) is 4.99. The Bertz CT molecular complexity index is 808. The van der Waals surface area contributed by atoms with E-state index in [1.54, 1.807) is 12.3 Å². The van der Waals surface area contributed by atoms with Gasteiger partial charge in [-0.2, -0.15) is 10.2 Å². The Morgan fingerprint density at radius 1 is 1.04 bits per heavy atom. The molecule has 2 aromatic rings. The van der Waals surface area contributed by atoms with Crippen LogP contribution in [-0.4, -0.2) is 60.4 Å². The summed E-state index contributed by atoms with van der Waals surface area (Å²) >= 11 is 0. The van der Waals surface area contributed by atoms with Crippen molar-refractivity contribution in [1.29, 1.82) is 5.26 Å². The quantitative estimate of drug-likeness (QED) is 0.875. The highest BCUT2D eigenvalue weighted by Crippen LogP contribution is 2.23. The molecular formula is C19H23N7O. The monoisotopic (exact) mass is 365 g/mol. The van der Waals surface area contributed by atoms with E-state index in [0.717, 1.165) is 69.8 Å². The lowest BCUT2D eigenvalue weighted by atomic mass is 10.0. The second-order valence-corrected chi connectivity index (χ2v) is 6.73. The smallest absolute Gasteiger partial charge is 0.227 e. The van der Waals surface area contributed by atoms with Gasteiger partial charge in [0.25, 0.3) is 0 Å². The number of hydrogen-bond donors (Lipinski definition) is 1. The van der Waals surface area contributed by atoms with E-state index in [0.29, 0.717) is 11.6 Å². The van der Waals surface area contributed by atoms with Crippen LogP contribution in [0, 0.1) is 11.3 Å². The van der Waals surface area contributed by atoms with E-state index in [1.807, 2.05) is 18.3 Å². The maximum atomic E-state index is 9.27. The molecule has 0 bridgehead atoms. The van der Waals surface area contributed by atoms with E-state index >= 15 is 0 Å². The van der Waals surface area contributed by atoms with Crippen molar-refractivity contribution < 1.29 is 4.74 Å². The maximum absolute atomic E-state index is 9.27. The SMILES string of the molecule is N#Cc1cccnc1N1CCC(Nc2ccnc(N3CCOCC3)n2)CC1. The van der Waals surface area contributed by atoms with E-state index in [2.05, 4.69) is 36.1 Å². The third-order valence-corrected chi connectivity index (χ3v) is 4.99. The summed E-state index contributed by atoms with van der Waals surface area (Å²) in [5, 5.41) is 12.8. The van der Waals surface area contributed by atoms with Gasteiger partial charge in [-0.25, -0.2) is 9.97 Å². The first-order valence-electron chi connectivity index (χ1n) is 9.36. The molecule has 0 atom stereocenters. The lowest BCUT2D eigenvalue weighted by molar-refractivity contribution is 0.122. The molecule has 2 fully saturated rings. The molecule has 0 radical (unpaired) electrons. The van der Waals surface area contributed by atoms with Gasteiger partial charge >= 0.3 is 0 Å². The molecule has 0 saturated carbocycles. The molecule has 1 N–H and O–H groups in total. The number of piperidine rings is 1. The first-order valence-corrected chi connectivity index (χ1v) is 9.36. The summed E-state index contributed by atoms with van der Waals surface area (Å²) in [7, 11) is 0. The van der Waals surface area contributed by atoms with Gasteiger partial charge in [0, 0.05) is 44.6 Å².